The largest absolute Gasteiger partial charge is 0.381 e. The second kappa shape index (κ2) is 6.72. The molecule has 5 nitrogen and oxygen atoms in total. The Hall–Kier alpha value is -2.60. The highest BCUT2D eigenvalue weighted by atomic mass is 32.2. The van der Waals surface area contributed by atoms with Crippen molar-refractivity contribution in [3.63, 3.8) is 0 Å². The van der Waals surface area contributed by atoms with Crippen LogP contribution in [0.1, 0.15) is 25.8 Å². The number of amides is 1. The molecule has 0 spiro atoms. The molecule has 1 heterocycles. The third-order valence-electron chi connectivity index (χ3n) is 4.18. The molecule has 0 unspecified atom stereocenters. The summed E-state index contributed by atoms with van der Waals surface area (Å²) in [4.78, 5) is 12.7. The van der Waals surface area contributed by atoms with E-state index < -0.39 is 15.7 Å². The Morgan fingerprint density at radius 3 is 2.36 bits per heavy atom. The third-order valence-corrected chi connectivity index (χ3v) is 6.04. The maximum atomic E-state index is 12.9. The number of sulfone groups is 1. The Balaban J connectivity index is 2.09. The Labute approximate surface area is 147 Å². The molecule has 1 amide bonds. The molecule has 0 aliphatic carbocycles. The van der Waals surface area contributed by atoms with E-state index in [1.165, 1.54) is 6.07 Å². The SMILES string of the molecule is CC[C@@H](C)NC1=C(C(=O)Nc2ccccc2)S(=O)(=O)c2ccccc21. The maximum absolute atomic E-state index is 12.9. The summed E-state index contributed by atoms with van der Waals surface area (Å²) in [7, 11) is -3.86. The Kier molecular flexibility index (Phi) is 4.63. The van der Waals surface area contributed by atoms with Crippen molar-refractivity contribution in [3.8, 4) is 0 Å². The zero-order valence-electron chi connectivity index (χ0n) is 14.1. The molecule has 2 aromatic carbocycles. The van der Waals surface area contributed by atoms with E-state index in [9.17, 15) is 13.2 Å². The Bertz CT molecular complexity index is 934. The van der Waals surface area contributed by atoms with E-state index in [1.54, 1.807) is 42.5 Å². The number of hydrogen-bond donors (Lipinski definition) is 2. The van der Waals surface area contributed by atoms with Crippen LogP contribution in [0.4, 0.5) is 5.69 Å². The van der Waals surface area contributed by atoms with E-state index in [2.05, 4.69) is 10.6 Å². The first-order valence-electron chi connectivity index (χ1n) is 8.17. The van der Waals surface area contributed by atoms with Crippen LogP contribution in [0.25, 0.3) is 5.70 Å². The van der Waals surface area contributed by atoms with Gasteiger partial charge in [-0.25, -0.2) is 8.42 Å². The van der Waals surface area contributed by atoms with E-state index in [-0.39, 0.29) is 15.8 Å². The van der Waals surface area contributed by atoms with Gasteiger partial charge in [-0.15, -0.1) is 0 Å². The van der Waals surface area contributed by atoms with Crippen LogP contribution in [-0.4, -0.2) is 20.4 Å². The summed E-state index contributed by atoms with van der Waals surface area (Å²) in [5.74, 6) is -0.631. The van der Waals surface area contributed by atoms with Crippen LogP contribution in [0, 0.1) is 0 Å². The van der Waals surface area contributed by atoms with Gasteiger partial charge in [0.05, 0.1) is 10.6 Å². The molecule has 0 saturated heterocycles. The number of fused-ring (bicyclic) bond motifs is 1. The van der Waals surface area contributed by atoms with Gasteiger partial charge in [0.25, 0.3) is 5.91 Å². The summed E-state index contributed by atoms with van der Waals surface area (Å²) in [6.45, 7) is 3.95. The molecule has 0 fully saturated rings. The second-order valence-corrected chi connectivity index (χ2v) is 7.83. The Morgan fingerprint density at radius 1 is 1.04 bits per heavy atom. The molecule has 2 N–H and O–H groups in total. The topological polar surface area (TPSA) is 75.3 Å². The quantitative estimate of drug-likeness (QED) is 0.863. The first-order valence-corrected chi connectivity index (χ1v) is 9.65. The van der Waals surface area contributed by atoms with Gasteiger partial charge >= 0.3 is 0 Å². The molecule has 6 heteroatoms. The lowest BCUT2D eigenvalue weighted by molar-refractivity contribution is -0.112. The van der Waals surface area contributed by atoms with Gasteiger partial charge in [0.15, 0.2) is 4.91 Å². The molecular weight excluding hydrogens is 336 g/mol. The average molecular weight is 356 g/mol. The number of anilines is 1. The summed E-state index contributed by atoms with van der Waals surface area (Å²) in [6, 6.07) is 15.5. The van der Waals surface area contributed by atoms with Crippen molar-refractivity contribution in [2.24, 2.45) is 0 Å². The zero-order chi connectivity index (χ0) is 18.0. The maximum Gasteiger partial charge on any atom is 0.269 e. The molecule has 1 atom stereocenters. The second-order valence-electron chi connectivity index (χ2n) is 5.98. The summed E-state index contributed by atoms with van der Waals surface area (Å²) >= 11 is 0. The van der Waals surface area contributed by atoms with Gasteiger partial charge in [-0.05, 0) is 31.5 Å². The summed E-state index contributed by atoms with van der Waals surface area (Å²) < 4.78 is 25.9. The lowest BCUT2D eigenvalue weighted by atomic mass is 10.1. The van der Waals surface area contributed by atoms with Crippen molar-refractivity contribution in [2.45, 2.75) is 31.2 Å². The minimum atomic E-state index is -3.86. The number of benzene rings is 2. The molecule has 1 aliphatic heterocycles. The number of carbonyl (C=O) groups is 1. The summed E-state index contributed by atoms with van der Waals surface area (Å²) in [5.41, 5.74) is 1.47. The van der Waals surface area contributed by atoms with Crippen LogP contribution in [0.15, 0.2) is 64.4 Å². The number of carbonyl (C=O) groups excluding carboxylic acids is 1. The third kappa shape index (κ3) is 3.17. The summed E-state index contributed by atoms with van der Waals surface area (Å²) in [6.07, 6.45) is 0.805. The smallest absolute Gasteiger partial charge is 0.269 e. The molecule has 0 aromatic heterocycles. The van der Waals surface area contributed by atoms with Crippen molar-refractivity contribution in [1.82, 2.24) is 5.32 Å². The zero-order valence-corrected chi connectivity index (χ0v) is 14.9. The van der Waals surface area contributed by atoms with Crippen molar-refractivity contribution >= 4 is 27.1 Å². The molecular formula is C19H20N2O3S. The normalized spacial score (nSPS) is 16.2. The van der Waals surface area contributed by atoms with Gasteiger partial charge in [0.2, 0.25) is 9.84 Å². The highest BCUT2D eigenvalue weighted by Gasteiger charge is 2.40. The fourth-order valence-electron chi connectivity index (χ4n) is 2.71. The Morgan fingerprint density at radius 2 is 1.68 bits per heavy atom. The van der Waals surface area contributed by atoms with E-state index in [4.69, 9.17) is 0 Å². The van der Waals surface area contributed by atoms with Crippen molar-refractivity contribution in [2.75, 3.05) is 5.32 Å². The van der Waals surface area contributed by atoms with Crippen molar-refractivity contribution in [3.05, 3.63) is 65.1 Å². The van der Waals surface area contributed by atoms with Crippen LogP contribution in [0.5, 0.6) is 0 Å². The standard InChI is InChI=1S/C19H20N2O3S/c1-3-13(2)20-17-15-11-7-8-12-16(15)25(23,24)18(17)19(22)21-14-9-5-4-6-10-14/h4-13,20H,3H2,1-2H3,(H,21,22)/t13-/m1/s1. The van der Waals surface area contributed by atoms with E-state index in [0.717, 1.165) is 6.42 Å². The number of hydrogen-bond acceptors (Lipinski definition) is 4. The fourth-order valence-corrected chi connectivity index (χ4v) is 4.38. The molecule has 1 aliphatic rings. The van der Waals surface area contributed by atoms with Gasteiger partial charge in [-0.1, -0.05) is 43.3 Å². The van der Waals surface area contributed by atoms with Gasteiger partial charge < -0.3 is 10.6 Å². The van der Waals surface area contributed by atoms with Crippen LogP contribution in [0.2, 0.25) is 0 Å². The molecule has 3 rings (SSSR count). The predicted molar refractivity (Wildman–Crippen MR) is 98.5 cm³/mol. The van der Waals surface area contributed by atoms with E-state index in [1.807, 2.05) is 19.9 Å². The van der Waals surface area contributed by atoms with E-state index in [0.29, 0.717) is 16.9 Å². The van der Waals surface area contributed by atoms with Crippen molar-refractivity contribution < 1.29 is 13.2 Å². The first-order chi connectivity index (χ1) is 11.9. The average Bonchev–Trinajstić information content (AvgIpc) is 2.83. The van der Waals surface area contributed by atoms with Gasteiger partial charge in [0, 0.05) is 17.3 Å². The number of nitrogens with one attached hydrogen (secondary N) is 2. The molecule has 2 aromatic rings. The molecule has 130 valence electrons. The van der Waals surface area contributed by atoms with Crippen molar-refractivity contribution in [1.29, 1.82) is 0 Å². The number of para-hydroxylation sites is 1. The van der Waals surface area contributed by atoms with Gasteiger partial charge in [0.1, 0.15) is 0 Å². The van der Waals surface area contributed by atoms with Crippen LogP contribution >= 0.6 is 0 Å². The lowest BCUT2D eigenvalue weighted by Crippen LogP contribution is -2.27. The lowest BCUT2D eigenvalue weighted by Gasteiger charge is -2.16. The first kappa shape index (κ1) is 17.2. The minimum absolute atomic E-state index is 0.0379. The van der Waals surface area contributed by atoms with Gasteiger partial charge in [-0.2, -0.15) is 0 Å². The van der Waals surface area contributed by atoms with Crippen LogP contribution in [-0.2, 0) is 14.6 Å². The van der Waals surface area contributed by atoms with Crippen LogP contribution < -0.4 is 10.6 Å². The van der Waals surface area contributed by atoms with Gasteiger partial charge in [-0.3, -0.25) is 4.79 Å². The summed E-state index contributed by atoms with van der Waals surface area (Å²) in [5, 5.41) is 5.88. The molecule has 25 heavy (non-hydrogen) atoms. The fraction of sp³-hybridized carbons (Fsp3) is 0.211. The van der Waals surface area contributed by atoms with E-state index >= 15 is 0 Å². The number of rotatable bonds is 5. The van der Waals surface area contributed by atoms with Crippen LogP contribution in [0.3, 0.4) is 0 Å². The highest BCUT2D eigenvalue weighted by Crippen LogP contribution is 2.38. The minimum Gasteiger partial charge on any atom is -0.381 e. The highest BCUT2D eigenvalue weighted by molar-refractivity contribution is 7.97. The molecule has 0 radical (unpaired) electrons. The predicted octanol–water partition coefficient (Wildman–Crippen LogP) is 3.17. The molecule has 0 bridgehead atoms. The monoisotopic (exact) mass is 356 g/mol. The molecule has 0 saturated carbocycles.